The molecule has 0 bridgehead atoms. The van der Waals surface area contributed by atoms with Gasteiger partial charge in [0.05, 0.1) is 25.1 Å². The molecular weight excluding hydrogens is 488 g/mol. The molecule has 1 aliphatic rings. The Kier molecular flexibility index (Phi) is 8.62. The van der Waals surface area contributed by atoms with Gasteiger partial charge in [0.15, 0.2) is 6.17 Å². The molecule has 1 saturated heterocycles. The summed E-state index contributed by atoms with van der Waals surface area (Å²) >= 11 is 0. The van der Waals surface area contributed by atoms with Crippen molar-refractivity contribution in [2.45, 2.75) is 44.5 Å². The third-order valence-electron chi connectivity index (χ3n) is 5.44. The van der Waals surface area contributed by atoms with Crippen LogP contribution in [0.4, 0.5) is 17.6 Å². The van der Waals surface area contributed by atoms with Crippen LogP contribution in [-0.4, -0.2) is 66.3 Å². The Morgan fingerprint density at radius 2 is 1.83 bits per heavy atom. The topological polar surface area (TPSA) is 111 Å². The summed E-state index contributed by atoms with van der Waals surface area (Å²) in [7, 11) is 0. The minimum Gasteiger partial charge on any atom is -0.488 e. The SMILES string of the molecule is CC(CO)Oc1ccc(C(N)=O)c(O[C@@H]2CCN(C(=O)Cc3ccc(OC(F)(F)F)cc3)C[C@@H]2F)c1. The van der Waals surface area contributed by atoms with E-state index in [2.05, 4.69) is 4.74 Å². The normalized spacial score (nSPS) is 18.9. The van der Waals surface area contributed by atoms with E-state index in [-0.39, 0.29) is 43.9 Å². The second kappa shape index (κ2) is 11.5. The summed E-state index contributed by atoms with van der Waals surface area (Å²) in [6.07, 6.45) is -7.87. The number of likely N-dealkylation sites (tertiary alicyclic amines) is 1. The summed E-state index contributed by atoms with van der Waals surface area (Å²) in [5.74, 6) is -1.26. The maximum Gasteiger partial charge on any atom is 0.573 e. The number of halogens is 4. The number of rotatable bonds is 9. The number of benzene rings is 2. The summed E-state index contributed by atoms with van der Waals surface area (Å²) in [6, 6.07) is 9.12. The highest BCUT2D eigenvalue weighted by Gasteiger charge is 2.34. The first-order chi connectivity index (χ1) is 16.9. The largest absolute Gasteiger partial charge is 0.573 e. The minimum absolute atomic E-state index is 0.0266. The summed E-state index contributed by atoms with van der Waals surface area (Å²) in [5, 5.41) is 9.16. The van der Waals surface area contributed by atoms with Crippen LogP contribution in [0.15, 0.2) is 42.5 Å². The number of carbonyl (C=O) groups excluding carboxylic acids is 2. The van der Waals surface area contributed by atoms with Crippen molar-refractivity contribution >= 4 is 11.8 Å². The molecule has 196 valence electrons. The number of aliphatic hydroxyl groups excluding tert-OH is 1. The van der Waals surface area contributed by atoms with Crippen LogP contribution < -0.4 is 19.9 Å². The zero-order valence-electron chi connectivity index (χ0n) is 19.3. The van der Waals surface area contributed by atoms with Gasteiger partial charge in [-0.15, -0.1) is 13.2 Å². The van der Waals surface area contributed by atoms with Crippen molar-refractivity contribution in [2.75, 3.05) is 19.7 Å². The van der Waals surface area contributed by atoms with Gasteiger partial charge in [0.25, 0.3) is 5.91 Å². The first kappa shape index (κ1) is 27.1. The molecule has 0 radical (unpaired) electrons. The number of piperidine rings is 1. The van der Waals surface area contributed by atoms with E-state index < -0.39 is 42.3 Å². The van der Waals surface area contributed by atoms with E-state index in [1.165, 1.54) is 35.2 Å². The van der Waals surface area contributed by atoms with Crippen LogP contribution in [0.3, 0.4) is 0 Å². The van der Waals surface area contributed by atoms with Crippen molar-refractivity contribution < 1.29 is 46.5 Å². The van der Waals surface area contributed by atoms with Crippen molar-refractivity contribution in [2.24, 2.45) is 5.73 Å². The predicted octanol–water partition coefficient (Wildman–Crippen LogP) is 3.00. The molecule has 0 saturated carbocycles. The molecule has 1 unspecified atom stereocenters. The third-order valence-corrected chi connectivity index (χ3v) is 5.44. The average Bonchev–Trinajstić information content (AvgIpc) is 2.80. The zero-order chi connectivity index (χ0) is 26.5. The number of hydrogen-bond donors (Lipinski definition) is 2. The minimum atomic E-state index is -4.82. The molecule has 3 N–H and O–H groups in total. The van der Waals surface area contributed by atoms with Crippen LogP contribution in [-0.2, 0) is 11.2 Å². The zero-order valence-corrected chi connectivity index (χ0v) is 19.3. The number of nitrogens with zero attached hydrogens (tertiary/aromatic N) is 1. The van der Waals surface area contributed by atoms with Crippen molar-refractivity contribution in [3.8, 4) is 17.2 Å². The van der Waals surface area contributed by atoms with Crippen molar-refractivity contribution in [1.82, 2.24) is 4.90 Å². The molecule has 1 heterocycles. The maximum atomic E-state index is 15.0. The number of hydrogen-bond acceptors (Lipinski definition) is 6. The molecule has 1 aliphatic heterocycles. The fraction of sp³-hybridized carbons (Fsp3) is 0.417. The highest BCUT2D eigenvalue weighted by Crippen LogP contribution is 2.29. The van der Waals surface area contributed by atoms with Crippen LogP contribution in [0.1, 0.15) is 29.3 Å². The van der Waals surface area contributed by atoms with Crippen molar-refractivity contribution in [3.63, 3.8) is 0 Å². The van der Waals surface area contributed by atoms with Crippen LogP contribution in [0.2, 0.25) is 0 Å². The molecular formula is C24H26F4N2O6. The number of nitrogens with two attached hydrogens (primary N) is 1. The molecule has 0 aliphatic carbocycles. The number of carbonyl (C=O) groups is 2. The quantitative estimate of drug-likeness (QED) is 0.498. The molecule has 3 rings (SSSR count). The Hall–Kier alpha value is -3.54. The summed E-state index contributed by atoms with van der Waals surface area (Å²) < 4.78 is 66.9. The molecule has 0 aromatic heterocycles. The Morgan fingerprint density at radius 1 is 1.17 bits per heavy atom. The molecule has 12 heteroatoms. The van der Waals surface area contributed by atoms with Gasteiger partial charge < -0.3 is 30.0 Å². The second-order valence-corrected chi connectivity index (χ2v) is 8.30. The lowest BCUT2D eigenvalue weighted by molar-refractivity contribution is -0.274. The van der Waals surface area contributed by atoms with E-state index in [4.69, 9.17) is 20.3 Å². The number of ether oxygens (including phenoxy) is 3. The van der Waals surface area contributed by atoms with Gasteiger partial charge in [0.2, 0.25) is 5.91 Å². The lowest BCUT2D eigenvalue weighted by atomic mass is 10.0. The average molecular weight is 514 g/mol. The van der Waals surface area contributed by atoms with Gasteiger partial charge >= 0.3 is 6.36 Å². The van der Waals surface area contributed by atoms with Gasteiger partial charge in [0, 0.05) is 19.0 Å². The monoisotopic (exact) mass is 514 g/mol. The van der Waals surface area contributed by atoms with Crippen LogP contribution in [0.5, 0.6) is 17.2 Å². The number of amides is 2. The molecule has 2 amide bonds. The van der Waals surface area contributed by atoms with Crippen LogP contribution in [0, 0.1) is 0 Å². The van der Waals surface area contributed by atoms with Crippen molar-refractivity contribution in [1.29, 1.82) is 0 Å². The summed E-state index contributed by atoms with van der Waals surface area (Å²) in [6.45, 7) is 1.31. The first-order valence-electron chi connectivity index (χ1n) is 11.1. The van der Waals surface area contributed by atoms with E-state index in [1.54, 1.807) is 6.92 Å². The lowest BCUT2D eigenvalue weighted by Crippen LogP contribution is -2.49. The maximum absolute atomic E-state index is 15.0. The summed E-state index contributed by atoms with van der Waals surface area (Å²) in [5.41, 5.74) is 5.87. The van der Waals surface area contributed by atoms with Gasteiger partial charge in [-0.25, -0.2) is 4.39 Å². The Bertz CT molecular complexity index is 1060. The molecule has 1 fully saturated rings. The van der Waals surface area contributed by atoms with E-state index in [0.717, 1.165) is 12.1 Å². The Balaban J connectivity index is 1.61. The third kappa shape index (κ3) is 7.48. The molecule has 3 atom stereocenters. The molecule has 8 nitrogen and oxygen atoms in total. The van der Waals surface area contributed by atoms with Gasteiger partial charge in [0.1, 0.15) is 29.5 Å². The Morgan fingerprint density at radius 3 is 2.42 bits per heavy atom. The first-order valence-corrected chi connectivity index (χ1v) is 11.1. The van der Waals surface area contributed by atoms with Gasteiger partial charge in [-0.05, 0) is 36.8 Å². The van der Waals surface area contributed by atoms with Crippen LogP contribution >= 0.6 is 0 Å². The van der Waals surface area contributed by atoms with Crippen LogP contribution in [0.25, 0.3) is 0 Å². The van der Waals surface area contributed by atoms with Gasteiger partial charge in [-0.1, -0.05) is 12.1 Å². The fourth-order valence-corrected chi connectivity index (χ4v) is 3.65. The van der Waals surface area contributed by atoms with Crippen molar-refractivity contribution in [3.05, 3.63) is 53.6 Å². The molecule has 36 heavy (non-hydrogen) atoms. The van der Waals surface area contributed by atoms with E-state index >= 15 is 0 Å². The number of primary amides is 1. The van der Waals surface area contributed by atoms with Gasteiger partial charge in [-0.2, -0.15) is 0 Å². The van der Waals surface area contributed by atoms with E-state index in [1.807, 2.05) is 0 Å². The van der Waals surface area contributed by atoms with E-state index in [9.17, 15) is 27.2 Å². The number of aliphatic hydroxyl groups is 1. The van der Waals surface area contributed by atoms with Gasteiger partial charge in [-0.3, -0.25) is 9.59 Å². The predicted molar refractivity (Wildman–Crippen MR) is 119 cm³/mol. The molecule has 0 spiro atoms. The second-order valence-electron chi connectivity index (χ2n) is 8.30. The highest BCUT2D eigenvalue weighted by atomic mass is 19.4. The highest BCUT2D eigenvalue weighted by molar-refractivity contribution is 5.95. The molecule has 2 aromatic rings. The summed E-state index contributed by atoms with van der Waals surface area (Å²) in [4.78, 5) is 25.7. The number of alkyl halides is 4. The molecule has 2 aromatic carbocycles. The Labute approximate surface area is 204 Å². The standard InChI is InChI=1S/C24H26F4N2O6/c1-14(13-31)34-17-6-7-18(23(29)33)21(11-17)35-20-8-9-30(12-19(20)25)22(32)10-15-2-4-16(5-3-15)36-24(26,27)28/h2-7,11,14,19-20,31H,8-10,12-13H2,1H3,(H2,29,33)/t14?,19-,20+/m0/s1. The smallest absolute Gasteiger partial charge is 0.488 e. The fourth-order valence-electron chi connectivity index (χ4n) is 3.65. The lowest BCUT2D eigenvalue weighted by Gasteiger charge is -2.35. The van der Waals surface area contributed by atoms with E-state index in [0.29, 0.717) is 11.3 Å².